The van der Waals surface area contributed by atoms with Crippen LogP contribution in [-0.4, -0.2) is 33.0 Å². The Morgan fingerprint density at radius 1 is 1.45 bits per heavy atom. The van der Waals surface area contributed by atoms with Crippen LogP contribution in [0.4, 0.5) is 5.00 Å². The predicted octanol–water partition coefficient (Wildman–Crippen LogP) is 6.62. The molecule has 0 spiro atoms. The van der Waals surface area contributed by atoms with E-state index in [-0.39, 0.29) is 11.7 Å². The molecule has 0 radical (unpaired) electrons. The fourth-order valence-corrected chi connectivity index (χ4v) is 6.93. The van der Waals surface area contributed by atoms with Crippen LogP contribution in [0.15, 0.2) is 36.0 Å². The first-order chi connectivity index (χ1) is 18.4. The van der Waals surface area contributed by atoms with Crippen molar-refractivity contribution in [2.45, 2.75) is 64.1 Å². The molecule has 2 heterocycles. The zero-order chi connectivity index (χ0) is 27.1. The molecular formula is C28H32ClN5O2S2. The molecule has 0 aliphatic heterocycles. The molecule has 0 saturated heterocycles. The zero-order valence-corrected chi connectivity index (χ0v) is 24.1. The number of thiophene rings is 1. The van der Waals surface area contributed by atoms with E-state index in [9.17, 15) is 10.1 Å². The molecule has 38 heavy (non-hydrogen) atoms. The highest BCUT2D eigenvalue weighted by Crippen LogP contribution is 2.40. The van der Waals surface area contributed by atoms with Crippen molar-refractivity contribution >= 4 is 45.6 Å². The number of nitrogens with zero attached hydrogens (tertiary/aromatic N) is 4. The molecule has 3 aromatic rings. The van der Waals surface area contributed by atoms with E-state index in [2.05, 4.69) is 35.1 Å². The number of aryl methyl sites for hydroxylation is 2. The van der Waals surface area contributed by atoms with Crippen LogP contribution in [0.2, 0.25) is 5.02 Å². The Kier molecular flexibility index (Phi) is 9.89. The Labute approximate surface area is 237 Å². The molecule has 0 fully saturated rings. The van der Waals surface area contributed by atoms with E-state index in [1.807, 2.05) is 29.7 Å². The second-order valence-corrected chi connectivity index (χ2v) is 11.8. The van der Waals surface area contributed by atoms with Gasteiger partial charge in [0.1, 0.15) is 22.6 Å². The summed E-state index contributed by atoms with van der Waals surface area (Å²) in [6.45, 7) is 9.13. The van der Waals surface area contributed by atoms with E-state index in [0.29, 0.717) is 46.2 Å². The Morgan fingerprint density at radius 3 is 3.03 bits per heavy atom. The van der Waals surface area contributed by atoms with Gasteiger partial charge in [-0.05, 0) is 67.9 Å². The fraction of sp³-hybridized carbons (Fsp3) is 0.429. The Bertz CT molecular complexity index is 1340. The normalized spacial score (nSPS) is 14.5. The second-order valence-electron chi connectivity index (χ2n) is 9.33. The van der Waals surface area contributed by atoms with Gasteiger partial charge in [-0.15, -0.1) is 28.1 Å². The third-order valence-corrected chi connectivity index (χ3v) is 9.06. The first kappa shape index (κ1) is 28.2. The molecule has 1 atom stereocenters. The van der Waals surface area contributed by atoms with Gasteiger partial charge in [0.2, 0.25) is 5.91 Å². The lowest BCUT2D eigenvalue weighted by molar-refractivity contribution is -0.113. The van der Waals surface area contributed by atoms with E-state index in [4.69, 9.17) is 16.3 Å². The molecule has 2 aromatic heterocycles. The third-order valence-electron chi connectivity index (χ3n) is 6.69. The smallest absolute Gasteiger partial charge is 0.235 e. The molecule has 1 amide bonds. The number of amides is 1. The standard InChI is InChI=1S/C28H32ClN5O2S2/c1-4-12-34-25(7-6-13-36-23-11-9-20(29)14-18(23)3)32-33-28(34)37-17-26(35)31-27-22(16-30)21-10-8-19(5-2)15-24(21)38-27/h4,9,11,14,19H,1,5-8,10,12-13,15,17H2,2-3H3,(H,31,35). The van der Waals surface area contributed by atoms with Crippen LogP contribution in [0, 0.1) is 24.2 Å². The van der Waals surface area contributed by atoms with Crippen molar-refractivity contribution in [3.63, 3.8) is 0 Å². The number of aromatic nitrogens is 3. The summed E-state index contributed by atoms with van der Waals surface area (Å²) in [5, 5.41) is 23.4. The summed E-state index contributed by atoms with van der Waals surface area (Å²) in [6.07, 6.45) is 7.39. The predicted molar refractivity (Wildman–Crippen MR) is 154 cm³/mol. The Morgan fingerprint density at radius 2 is 2.29 bits per heavy atom. The number of hydrogen-bond acceptors (Lipinski definition) is 7. The number of anilines is 1. The van der Waals surface area contributed by atoms with Gasteiger partial charge in [-0.2, -0.15) is 5.26 Å². The maximum Gasteiger partial charge on any atom is 0.235 e. The number of ether oxygens (including phenoxy) is 1. The van der Waals surface area contributed by atoms with E-state index in [1.54, 1.807) is 17.4 Å². The van der Waals surface area contributed by atoms with E-state index in [0.717, 1.165) is 54.8 Å². The van der Waals surface area contributed by atoms with Crippen LogP contribution in [0.25, 0.3) is 0 Å². The number of hydrogen-bond donors (Lipinski definition) is 1. The van der Waals surface area contributed by atoms with Crippen LogP contribution < -0.4 is 10.1 Å². The van der Waals surface area contributed by atoms with Gasteiger partial charge in [0, 0.05) is 22.9 Å². The molecule has 1 aliphatic carbocycles. The number of thioether (sulfide) groups is 1. The summed E-state index contributed by atoms with van der Waals surface area (Å²) in [4.78, 5) is 14.1. The van der Waals surface area contributed by atoms with Gasteiger partial charge in [-0.3, -0.25) is 4.79 Å². The molecule has 1 unspecified atom stereocenters. The lowest BCUT2D eigenvalue weighted by Gasteiger charge is -2.20. The fourth-order valence-electron chi connectivity index (χ4n) is 4.61. The minimum atomic E-state index is -0.154. The molecular weight excluding hydrogens is 538 g/mol. The van der Waals surface area contributed by atoms with Crippen molar-refractivity contribution in [3.8, 4) is 11.8 Å². The van der Waals surface area contributed by atoms with Gasteiger partial charge in [0.15, 0.2) is 5.16 Å². The number of rotatable bonds is 12. The molecule has 200 valence electrons. The average Bonchev–Trinajstić information content (AvgIpc) is 3.45. The number of benzene rings is 1. The van der Waals surface area contributed by atoms with Crippen molar-refractivity contribution in [1.82, 2.24) is 14.8 Å². The maximum atomic E-state index is 12.8. The Balaban J connectivity index is 1.33. The monoisotopic (exact) mass is 569 g/mol. The van der Waals surface area contributed by atoms with Crippen LogP contribution >= 0.6 is 34.7 Å². The molecule has 7 nitrogen and oxygen atoms in total. The molecule has 10 heteroatoms. The van der Waals surface area contributed by atoms with Crippen molar-refractivity contribution in [2.75, 3.05) is 17.7 Å². The van der Waals surface area contributed by atoms with Crippen LogP contribution in [0.1, 0.15) is 53.6 Å². The van der Waals surface area contributed by atoms with Gasteiger partial charge < -0.3 is 14.6 Å². The van der Waals surface area contributed by atoms with Crippen LogP contribution in [0.3, 0.4) is 0 Å². The lowest BCUT2D eigenvalue weighted by Crippen LogP contribution is -2.15. The SMILES string of the molecule is C=CCn1c(CCCOc2ccc(Cl)cc2C)nnc1SCC(=O)Nc1sc2c(c1C#N)CCC(CC)C2. The first-order valence-electron chi connectivity index (χ1n) is 12.8. The maximum absolute atomic E-state index is 12.8. The zero-order valence-electron chi connectivity index (χ0n) is 21.8. The summed E-state index contributed by atoms with van der Waals surface area (Å²) in [5.41, 5.74) is 2.75. The second kappa shape index (κ2) is 13.3. The van der Waals surface area contributed by atoms with Crippen molar-refractivity contribution in [2.24, 2.45) is 5.92 Å². The van der Waals surface area contributed by atoms with Crippen LogP contribution in [-0.2, 0) is 30.6 Å². The molecule has 1 aliphatic rings. The number of nitriles is 1. The summed E-state index contributed by atoms with van der Waals surface area (Å²) < 4.78 is 7.88. The van der Waals surface area contributed by atoms with E-state index < -0.39 is 0 Å². The summed E-state index contributed by atoms with van der Waals surface area (Å²) >= 11 is 8.91. The quantitative estimate of drug-likeness (QED) is 0.150. The first-order valence-corrected chi connectivity index (χ1v) is 15.0. The minimum absolute atomic E-state index is 0.154. The summed E-state index contributed by atoms with van der Waals surface area (Å²) in [5.74, 6) is 2.33. The third kappa shape index (κ3) is 6.79. The van der Waals surface area contributed by atoms with Gasteiger partial charge in [-0.25, -0.2) is 0 Å². The lowest BCUT2D eigenvalue weighted by atomic mass is 9.86. The largest absolute Gasteiger partial charge is 0.493 e. The van der Waals surface area contributed by atoms with E-state index >= 15 is 0 Å². The molecule has 1 N–H and O–H groups in total. The minimum Gasteiger partial charge on any atom is -0.493 e. The number of fused-ring (bicyclic) bond motifs is 1. The van der Waals surface area contributed by atoms with Crippen molar-refractivity contribution in [1.29, 1.82) is 5.26 Å². The van der Waals surface area contributed by atoms with Crippen molar-refractivity contribution < 1.29 is 9.53 Å². The molecule has 4 rings (SSSR count). The number of carbonyl (C=O) groups is 1. The van der Waals surface area contributed by atoms with Crippen LogP contribution in [0.5, 0.6) is 5.75 Å². The number of carbonyl (C=O) groups excluding carboxylic acids is 1. The highest BCUT2D eigenvalue weighted by Gasteiger charge is 2.26. The highest BCUT2D eigenvalue weighted by molar-refractivity contribution is 7.99. The Hall–Kier alpha value is -2.80. The highest BCUT2D eigenvalue weighted by atomic mass is 35.5. The number of allylic oxidation sites excluding steroid dienone is 1. The summed E-state index contributed by atoms with van der Waals surface area (Å²) in [7, 11) is 0. The van der Waals surface area contributed by atoms with E-state index in [1.165, 1.54) is 16.6 Å². The van der Waals surface area contributed by atoms with Crippen molar-refractivity contribution in [3.05, 3.63) is 63.3 Å². The number of halogens is 1. The number of nitrogens with one attached hydrogen (secondary N) is 1. The average molecular weight is 570 g/mol. The summed E-state index contributed by atoms with van der Waals surface area (Å²) in [6, 6.07) is 7.90. The van der Waals surface area contributed by atoms with Gasteiger partial charge in [0.05, 0.1) is 17.9 Å². The molecule has 0 bridgehead atoms. The topological polar surface area (TPSA) is 92.8 Å². The van der Waals surface area contributed by atoms with Gasteiger partial charge in [-0.1, -0.05) is 42.8 Å². The van der Waals surface area contributed by atoms with Gasteiger partial charge >= 0.3 is 0 Å². The molecule has 1 aromatic carbocycles. The molecule has 0 saturated carbocycles. The van der Waals surface area contributed by atoms with Gasteiger partial charge in [0.25, 0.3) is 0 Å².